The maximum atomic E-state index is 12.3. The standard InChI is InChI=1S/C19H22N2O4S/c1-4-13(2)21-26(24,25)18-11-7-16(8-12-18)19(23)20-17-9-5-15(6-10-17)14(3)22/h5-13,21H,4H2,1-3H3,(H,20,23)/t13-/m0/s1. The summed E-state index contributed by atoms with van der Waals surface area (Å²) in [6.45, 7) is 5.15. The van der Waals surface area contributed by atoms with E-state index in [0.29, 0.717) is 23.2 Å². The topological polar surface area (TPSA) is 92.3 Å². The fourth-order valence-corrected chi connectivity index (χ4v) is 3.52. The van der Waals surface area contributed by atoms with Gasteiger partial charge in [0.15, 0.2) is 5.78 Å². The normalized spacial score (nSPS) is 12.4. The largest absolute Gasteiger partial charge is 0.322 e. The highest BCUT2D eigenvalue weighted by Crippen LogP contribution is 2.15. The van der Waals surface area contributed by atoms with Crippen LogP contribution in [0.5, 0.6) is 0 Å². The van der Waals surface area contributed by atoms with Crippen LogP contribution in [0.4, 0.5) is 5.69 Å². The average molecular weight is 374 g/mol. The predicted octanol–water partition coefficient (Wildman–Crippen LogP) is 3.22. The average Bonchev–Trinajstić information content (AvgIpc) is 2.61. The summed E-state index contributed by atoms with van der Waals surface area (Å²) in [4.78, 5) is 23.6. The van der Waals surface area contributed by atoms with E-state index in [1.165, 1.54) is 31.2 Å². The number of ketones is 1. The molecule has 0 spiro atoms. The van der Waals surface area contributed by atoms with E-state index >= 15 is 0 Å². The Balaban J connectivity index is 2.10. The second kappa shape index (κ2) is 8.25. The molecule has 7 heteroatoms. The molecule has 0 bridgehead atoms. The molecule has 1 atom stereocenters. The third-order valence-electron chi connectivity index (χ3n) is 3.94. The minimum atomic E-state index is -3.60. The number of amides is 1. The maximum Gasteiger partial charge on any atom is 0.255 e. The lowest BCUT2D eigenvalue weighted by molar-refractivity contribution is 0.101. The SMILES string of the molecule is CC[C@H](C)NS(=O)(=O)c1ccc(C(=O)Nc2ccc(C(C)=O)cc2)cc1. The third-order valence-corrected chi connectivity index (χ3v) is 5.55. The van der Waals surface area contributed by atoms with Gasteiger partial charge in [0.1, 0.15) is 0 Å². The molecule has 1 amide bonds. The molecule has 0 radical (unpaired) electrons. The lowest BCUT2D eigenvalue weighted by Crippen LogP contribution is -2.32. The summed E-state index contributed by atoms with van der Waals surface area (Å²) in [5, 5.41) is 2.71. The number of carbonyl (C=O) groups is 2. The van der Waals surface area contributed by atoms with Gasteiger partial charge >= 0.3 is 0 Å². The zero-order valence-electron chi connectivity index (χ0n) is 14.9. The number of carbonyl (C=O) groups excluding carboxylic acids is 2. The van der Waals surface area contributed by atoms with Crippen molar-refractivity contribution in [2.75, 3.05) is 5.32 Å². The van der Waals surface area contributed by atoms with Crippen LogP contribution in [0.3, 0.4) is 0 Å². The van der Waals surface area contributed by atoms with E-state index < -0.39 is 10.0 Å². The quantitative estimate of drug-likeness (QED) is 0.728. The first-order valence-electron chi connectivity index (χ1n) is 8.27. The first-order valence-corrected chi connectivity index (χ1v) is 9.76. The summed E-state index contributed by atoms with van der Waals surface area (Å²) in [5.41, 5.74) is 1.45. The molecule has 0 unspecified atom stereocenters. The molecule has 2 aromatic carbocycles. The Bertz CT molecular complexity index is 888. The molecule has 2 aromatic rings. The summed E-state index contributed by atoms with van der Waals surface area (Å²) in [7, 11) is -3.60. The molecule has 0 saturated heterocycles. The van der Waals surface area contributed by atoms with Gasteiger partial charge in [-0.2, -0.15) is 0 Å². The number of sulfonamides is 1. The molecule has 138 valence electrons. The Morgan fingerprint density at radius 2 is 1.50 bits per heavy atom. The molecule has 0 aliphatic heterocycles. The molecule has 0 aromatic heterocycles. The molecule has 2 rings (SSSR count). The highest BCUT2D eigenvalue weighted by molar-refractivity contribution is 7.89. The van der Waals surface area contributed by atoms with Crippen LogP contribution in [0.15, 0.2) is 53.4 Å². The Morgan fingerprint density at radius 3 is 2.00 bits per heavy atom. The number of nitrogens with one attached hydrogen (secondary N) is 2. The second-order valence-electron chi connectivity index (χ2n) is 6.04. The Labute approximate surface area is 153 Å². The molecular formula is C19H22N2O4S. The molecule has 0 fully saturated rings. The fourth-order valence-electron chi connectivity index (χ4n) is 2.19. The zero-order chi connectivity index (χ0) is 19.3. The Hall–Kier alpha value is -2.51. The first kappa shape index (κ1) is 19.8. The van der Waals surface area contributed by atoms with Gasteiger partial charge in [0.2, 0.25) is 10.0 Å². The van der Waals surface area contributed by atoms with Crippen LogP contribution in [-0.4, -0.2) is 26.2 Å². The van der Waals surface area contributed by atoms with Gasteiger partial charge in [0.25, 0.3) is 5.91 Å². The monoisotopic (exact) mass is 374 g/mol. The number of hydrogen-bond acceptors (Lipinski definition) is 4. The van der Waals surface area contributed by atoms with Crippen LogP contribution in [0.25, 0.3) is 0 Å². The number of anilines is 1. The summed E-state index contributed by atoms with van der Waals surface area (Å²) in [6, 6.07) is 12.1. The van der Waals surface area contributed by atoms with E-state index in [-0.39, 0.29) is 22.6 Å². The van der Waals surface area contributed by atoms with E-state index in [1.54, 1.807) is 31.2 Å². The van der Waals surface area contributed by atoms with Crippen molar-refractivity contribution in [3.63, 3.8) is 0 Å². The molecule has 26 heavy (non-hydrogen) atoms. The van der Waals surface area contributed by atoms with Crippen molar-refractivity contribution in [2.24, 2.45) is 0 Å². The third kappa shape index (κ3) is 5.00. The molecule has 2 N–H and O–H groups in total. The minimum Gasteiger partial charge on any atom is -0.322 e. The van der Waals surface area contributed by atoms with Crippen LogP contribution < -0.4 is 10.0 Å². The van der Waals surface area contributed by atoms with Crippen molar-refractivity contribution in [3.8, 4) is 0 Å². The van der Waals surface area contributed by atoms with Crippen molar-refractivity contribution in [1.82, 2.24) is 4.72 Å². The first-order chi connectivity index (χ1) is 12.2. The molecular weight excluding hydrogens is 352 g/mol. The van der Waals surface area contributed by atoms with Crippen molar-refractivity contribution >= 4 is 27.4 Å². The van der Waals surface area contributed by atoms with Crippen molar-refractivity contribution < 1.29 is 18.0 Å². The van der Waals surface area contributed by atoms with Crippen LogP contribution in [0.2, 0.25) is 0 Å². The number of hydrogen-bond donors (Lipinski definition) is 2. The van der Waals surface area contributed by atoms with Gasteiger partial charge in [-0.05, 0) is 68.8 Å². The number of rotatable bonds is 7. The predicted molar refractivity (Wildman–Crippen MR) is 101 cm³/mol. The van der Waals surface area contributed by atoms with Gasteiger partial charge in [0.05, 0.1) is 4.90 Å². The van der Waals surface area contributed by atoms with Gasteiger partial charge in [-0.25, -0.2) is 13.1 Å². The van der Waals surface area contributed by atoms with E-state index in [4.69, 9.17) is 0 Å². The van der Waals surface area contributed by atoms with Crippen LogP contribution in [0, 0.1) is 0 Å². The van der Waals surface area contributed by atoms with E-state index in [1.807, 2.05) is 6.92 Å². The fraction of sp³-hybridized carbons (Fsp3) is 0.263. The summed E-state index contributed by atoms with van der Waals surface area (Å²) in [6.07, 6.45) is 0.683. The van der Waals surface area contributed by atoms with E-state index in [0.717, 1.165) is 0 Å². The summed E-state index contributed by atoms with van der Waals surface area (Å²) in [5.74, 6) is -0.412. The van der Waals surface area contributed by atoms with Crippen molar-refractivity contribution in [1.29, 1.82) is 0 Å². The summed E-state index contributed by atoms with van der Waals surface area (Å²) < 4.78 is 27.0. The lowest BCUT2D eigenvalue weighted by Gasteiger charge is -2.12. The van der Waals surface area contributed by atoms with Crippen LogP contribution >= 0.6 is 0 Å². The Kier molecular flexibility index (Phi) is 6.28. The number of benzene rings is 2. The van der Waals surface area contributed by atoms with Gasteiger partial charge in [-0.1, -0.05) is 6.92 Å². The lowest BCUT2D eigenvalue weighted by atomic mass is 10.1. The molecule has 0 aliphatic rings. The van der Waals surface area contributed by atoms with Gasteiger partial charge in [-0.3, -0.25) is 9.59 Å². The highest BCUT2D eigenvalue weighted by Gasteiger charge is 2.17. The summed E-state index contributed by atoms with van der Waals surface area (Å²) >= 11 is 0. The molecule has 0 heterocycles. The van der Waals surface area contributed by atoms with E-state index in [2.05, 4.69) is 10.0 Å². The van der Waals surface area contributed by atoms with Gasteiger partial charge < -0.3 is 5.32 Å². The van der Waals surface area contributed by atoms with Crippen LogP contribution in [-0.2, 0) is 10.0 Å². The molecule has 0 aliphatic carbocycles. The number of Topliss-reactive ketones (excluding diaryl/α,β-unsaturated/α-hetero) is 1. The molecule has 0 saturated carbocycles. The zero-order valence-corrected chi connectivity index (χ0v) is 15.8. The smallest absolute Gasteiger partial charge is 0.255 e. The van der Waals surface area contributed by atoms with Crippen molar-refractivity contribution in [2.45, 2.75) is 38.1 Å². The van der Waals surface area contributed by atoms with Gasteiger partial charge in [-0.15, -0.1) is 0 Å². The maximum absolute atomic E-state index is 12.3. The Morgan fingerprint density at radius 1 is 0.962 bits per heavy atom. The molecule has 6 nitrogen and oxygen atoms in total. The van der Waals surface area contributed by atoms with E-state index in [9.17, 15) is 18.0 Å². The van der Waals surface area contributed by atoms with Crippen LogP contribution in [0.1, 0.15) is 47.9 Å². The van der Waals surface area contributed by atoms with Crippen molar-refractivity contribution in [3.05, 3.63) is 59.7 Å². The highest BCUT2D eigenvalue weighted by atomic mass is 32.2. The van der Waals surface area contributed by atoms with Gasteiger partial charge in [0, 0.05) is 22.9 Å². The minimum absolute atomic E-state index is 0.0503. The second-order valence-corrected chi connectivity index (χ2v) is 7.76.